The molecule has 110 valence electrons. The van der Waals surface area contributed by atoms with Crippen LogP contribution in [0, 0.1) is 0 Å². The second kappa shape index (κ2) is 6.91. The Labute approximate surface area is 128 Å². The third-order valence-electron chi connectivity index (χ3n) is 4.79. The summed E-state index contributed by atoms with van der Waals surface area (Å²) >= 11 is 0. The zero-order valence-electron chi connectivity index (χ0n) is 12.9. The van der Waals surface area contributed by atoms with E-state index < -0.39 is 0 Å². The van der Waals surface area contributed by atoms with Gasteiger partial charge < -0.3 is 5.32 Å². The van der Waals surface area contributed by atoms with Gasteiger partial charge in [-0.2, -0.15) is 0 Å². The molecular weight excluding hydrogens is 254 g/mol. The minimum atomic E-state index is 0.553. The molecule has 1 nitrogen and oxygen atoms in total. The monoisotopic (exact) mass is 279 g/mol. The van der Waals surface area contributed by atoms with E-state index in [0.717, 1.165) is 18.9 Å². The Morgan fingerprint density at radius 3 is 2.38 bits per heavy atom. The van der Waals surface area contributed by atoms with Crippen molar-refractivity contribution in [3.05, 3.63) is 71.3 Å². The molecule has 0 saturated heterocycles. The van der Waals surface area contributed by atoms with Gasteiger partial charge in [0.2, 0.25) is 0 Å². The zero-order valence-corrected chi connectivity index (χ0v) is 12.9. The molecule has 1 fully saturated rings. The van der Waals surface area contributed by atoms with E-state index in [1.54, 1.807) is 11.1 Å². The van der Waals surface area contributed by atoms with Crippen LogP contribution < -0.4 is 5.32 Å². The van der Waals surface area contributed by atoms with Crippen molar-refractivity contribution >= 4 is 0 Å². The molecule has 2 aromatic carbocycles. The van der Waals surface area contributed by atoms with Gasteiger partial charge in [0.25, 0.3) is 0 Å². The van der Waals surface area contributed by atoms with E-state index in [1.807, 2.05) is 7.05 Å². The molecule has 1 heteroatoms. The fourth-order valence-electron chi connectivity index (χ4n) is 3.38. The average Bonchev–Trinajstić information content (AvgIpc) is 2.48. The lowest BCUT2D eigenvalue weighted by Crippen LogP contribution is -2.20. The normalized spacial score (nSPS) is 16.4. The van der Waals surface area contributed by atoms with Crippen molar-refractivity contribution in [3.63, 3.8) is 0 Å². The number of hydrogen-bond donors (Lipinski definition) is 1. The van der Waals surface area contributed by atoms with Crippen molar-refractivity contribution in [1.82, 2.24) is 5.32 Å². The van der Waals surface area contributed by atoms with Gasteiger partial charge in [0.15, 0.2) is 0 Å². The summed E-state index contributed by atoms with van der Waals surface area (Å²) in [5.41, 5.74) is 4.59. The fourth-order valence-corrected chi connectivity index (χ4v) is 3.38. The summed E-state index contributed by atoms with van der Waals surface area (Å²) in [6.07, 6.45) is 5.28. The van der Waals surface area contributed by atoms with Crippen LogP contribution in [0.5, 0.6) is 0 Å². The first kappa shape index (κ1) is 14.3. The molecule has 0 radical (unpaired) electrons. The van der Waals surface area contributed by atoms with Gasteiger partial charge in [-0.3, -0.25) is 0 Å². The highest BCUT2D eigenvalue weighted by Gasteiger charge is 2.23. The van der Waals surface area contributed by atoms with E-state index in [-0.39, 0.29) is 0 Å². The predicted molar refractivity (Wildman–Crippen MR) is 89.8 cm³/mol. The Bertz CT molecular complexity index is 557. The number of likely N-dealkylation sites (N-methyl/N-ethyl adjacent to an activating group) is 1. The van der Waals surface area contributed by atoms with E-state index in [0.29, 0.717) is 5.92 Å². The van der Waals surface area contributed by atoms with E-state index in [1.165, 1.54) is 24.8 Å². The Balaban J connectivity index is 1.83. The van der Waals surface area contributed by atoms with Gasteiger partial charge in [-0.25, -0.2) is 0 Å². The molecule has 1 aliphatic carbocycles. The molecule has 1 aliphatic rings. The predicted octanol–water partition coefficient (Wildman–Crippen LogP) is 4.50. The van der Waals surface area contributed by atoms with Crippen LogP contribution in [0.25, 0.3) is 0 Å². The molecule has 0 spiro atoms. The minimum absolute atomic E-state index is 0.553. The molecule has 21 heavy (non-hydrogen) atoms. The van der Waals surface area contributed by atoms with Gasteiger partial charge in [-0.1, -0.05) is 61.0 Å². The molecule has 1 N–H and O–H groups in total. The quantitative estimate of drug-likeness (QED) is 0.821. The summed E-state index contributed by atoms with van der Waals surface area (Å²) < 4.78 is 0. The second-order valence-electron chi connectivity index (χ2n) is 6.20. The number of hydrogen-bond acceptors (Lipinski definition) is 1. The van der Waals surface area contributed by atoms with Crippen molar-refractivity contribution in [2.75, 3.05) is 13.6 Å². The largest absolute Gasteiger partial charge is 0.319 e. The Hall–Kier alpha value is -1.60. The molecule has 0 aromatic heterocycles. The molecule has 0 amide bonds. The van der Waals surface area contributed by atoms with Crippen LogP contribution in [0.15, 0.2) is 54.6 Å². The minimum Gasteiger partial charge on any atom is -0.319 e. The third kappa shape index (κ3) is 3.36. The van der Waals surface area contributed by atoms with Crippen molar-refractivity contribution in [2.24, 2.45) is 0 Å². The smallest absolute Gasteiger partial charge is 0.00203 e. The maximum atomic E-state index is 3.36. The van der Waals surface area contributed by atoms with Crippen molar-refractivity contribution < 1.29 is 0 Å². The van der Waals surface area contributed by atoms with E-state index in [4.69, 9.17) is 0 Å². The van der Waals surface area contributed by atoms with Gasteiger partial charge in [-0.15, -0.1) is 0 Å². The third-order valence-corrected chi connectivity index (χ3v) is 4.79. The topological polar surface area (TPSA) is 12.0 Å². The lowest BCUT2D eigenvalue weighted by Gasteiger charge is -2.29. The molecule has 1 atom stereocenters. The zero-order chi connectivity index (χ0) is 14.5. The SMILES string of the molecule is CNCC(Cc1ccccc1C1CCC1)c1ccccc1. The summed E-state index contributed by atoms with van der Waals surface area (Å²) in [7, 11) is 2.05. The van der Waals surface area contributed by atoms with Crippen LogP contribution in [0.2, 0.25) is 0 Å². The van der Waals surface area contributed by atoms with Crippen molar-refractivity contribution in [2.45, 2.75) is 37.5 Å². The molecule has 0 aliphatic heterocycles. The molecule has 3 rings (SSSR count). The molecular formula is C20H25N. The second-order valence-corrected chi connectivity index (χ2v) is 6.20. The maximum Gasteiger partial charge on any atom is 0.00203 e. The van der Waals surface area contributed by atoms with E-state index >= 15 is 0 Å². The number of nitrogens with one attached hydrogen (secondary N) is 1. The highest BCUT2D eigenvalue weighted by atomic mass is 14.8. The van der Waals surface area contributed by atoms with Crippen molar-refractivity contribution in [1.29, 1.82) is 0 Å². The van der Waals surface area contributed by atoms with Gasteiger partial charge in [0, 0.05) is 12.5 Å². The molecule has 0 heterocycles. The highest BCUT2D eigenvalue weighted by molar-refractivity contribution is 5.34. The van der Waals surface area contributed by atoms with Gasteiger partial charge in [0.1, 0.15) is 0 Å². The summed E-state index contributed by atoms with van der Waals surface area (Å²) in [5, 5.41) is 3.36. The van der Waals surface area contributed by atoms with Crippen LogP contribution in [0.3, 0.4) is 0 Å². The van der Waals surface area contributed by atoms with E-state index in [2.05, 4.69) is 59.9 Å². The van der Waals surface area contributed by atoms with Gasteiger partial charge in [-0.05, 0) is 48.9 Å². The summed E-state index contributed by atoms with van der Waals surface area (Å²) in [4.78, 5) is 0. The number of benzene rings is 2. The first-order valence-corrected chi connectivity index (χ1v) is 8.16. The Morgan fingerprint density at radius 2 is 1.71 bits per heavy atom. The van der Waals surface area contributed by atoms with Crippen molar-refractivity contribution in [3.8, 4) is 0 Å². The maximum absolute atomic E-state index is 3.36. The summed E-state index contributed by atoms with van der Waals surface area (Å²) in [6, 6.07) is 20.0. The van der Waals surface area contributed by atoms with Crippen LogP contribution in [0.4, 0.5) is 0 Å². The number of rotatable bonds is 6. The Kier molecular flexibility index (Phi) is 4.72. The molecule has 1 saturated carbocycles. The lowest BCUT2D eigenvalue weighted by atomic mass is 9.76. The standard InChI is InChI=1S/C20H25N/c1-21-15-19(16-8-3-2-4-9-16)14-18-10-5-6-13-20(18)17-11-7-12-17/h2-6,8-10,13,17,19,21H,7,11-12,14-15H2,1H3. The molecule has 1 unspecified atom stereocenters. The fraction of sp³-hybridized carbons (Fsp3) is 0.400. The van der Waals surface area contributed by atoms with Crippen LogP contribution in [-0.2, 0) is 6.42 Å². The van der Waals surface area contributed by atoms with Crippen LogP contribution >= 0.6 is 0 Å². The summed E-state index contributed by atoms with van der Waals surface area (Å²) in [6.45, 7) is 1.03. The first-order chi connectivity index (χ1) is 10.4. The highest BCUT2D eigenvalue weighted by Crippen LogP contribution is 2.39. The molecule has 0 bridgehead atoms. The van der Waals surface area contributed by atoms with Gasteiger partial charge in [0.05, 0.1) is 0 Å². The average molecular weight is 279 g/mol. The van der Waals surface area contributed by atoms with Gasteiger partial charge >= 0.3 is 0 Å². The lowest BCUT2D eigenvalue weighted by molar-refractivity contribution is 0.416. The first-order valence-electron chi connectivity index (χ1n) is 8.16. The van der Waals surface area contributed by atoms with E-state index in [9.17, 15) is 0 Å². The van der Waals surface area contributed by atoms with Crippen LogP contribution in [0.1, 0.15) is 47.8 Å². The van der Waals surface area contributed by atoms with Crippen LogP contribution in [-0.4, -0.2) is 13.6 Å². The Morgan fingerprint density at radius 1 is 1.00 bits per heavy atom. The summed E-state index contributed by atoms with van der Waals surface area (Å²) in [5.74, 6) is 1.37. The molecule has 2 aromatic rings.